The summed E-state index contributed by atoms with van der Waals surface area (Å²) in [4.78, 5) is 14.0. The van der Waals surface area contributed by atoms with Gasteiger partial charge in [-0.15, -0.1) is 0 Å². The standard InChI is InChI=1S/C24H23Cl2N3O2/c1-15(2)28-7-4-16(5-8-28)18-10-20(25)24(21(26)11-18)17-6-9-29-22(12-17)19(14-27-29)13-23(30)31-3/h4,6,9-12,14H,1,5,7-8,13H2,2-3H3. The summed E-state index contributed by atoms with van der Waals surface area (Å²) in [7, 11) is 1.37. The molecule has 31 heavy (non-hydrogen) atoms. The molecule has 0 unspecified atom stereocenters. The molecule has 5 nitrogen and oxygen atoms in total. The van der Waals surface area contributed by atoms with Crippen LogP contribution in [0.5, 0.6) is 0 Å². The van der Waals surface area contributed by atoms with Crippen molar-refractivity contribution in [3.63, 3.8) is 0 Å². The first-order valence-corrected chi connectivity index (χ1v) is 10.8. The first-order chi connectivity index (χ1) is 14.9. The van der Waals surface area contributed by atoms with Crippen LogP contribution >= 0.6 is 23.2 Å². The van der Waals surface area contributed by atoms with Gasteiger partial charge in [0.2, 0.25) is 0 Å². The number of hydrogen-bond donors (Lipinski definition) is 0. The van der Waals surface area contributed by atoms with E-state index in [0.29, 0.717) is 10.0 Å². The van der Waals surface area contributed by atoms with Crippen LogP contribution in [0.1, 0.15) is 24.5 Å². The fraction of sp³-hybridized carbons (Fsp3) is 0.250. The molecule has 160 valence electrons. The van der Waals surface area contributed by atoms with E-state index in [1.807, 2.05) is 37.4 Å². The number of fused-ring (bicyclic) bond motifs is 1. The van der Waals surface area contributed by atoms with Crippen LogP contribution in [0.4, 0.5) is 0 Å². The van der Waals surface area contributed by atoms with E-state index in [9.17, 15) is 4.79 Å². The number of carbonyl (C=O) groups is 1. The molecule has 1 aromatic carbocycles. The van der Waals surface area contributed by atoms with Crippen LogP contribution < -0.4 is 0 Å². The number of allylic oxidation sites excluding steroid dienone is 1. The van der Waals surface area contributed by atoms with E-state index in [4.69, 9.17) is 27.9 Å². The summed E-state index contributed by atoms with van der Waals surface area (Å²) in [5, 5.41) is 5.48. The lowest BCUT2D eigenvalue weighted by molar-refractivity contribution is -0.139. The third-order valence-electron chi connectivity index (χ3n) is 5.61. The molecule has 1 aliphatic heterocycles. The Hall–Kier alpha value is -2.76. The summed E-state index contributed by atoms with van der Waals surface area (Å²) in [6.07, 6.45) is 6.78. The second-order valence-electron chi connectivity index (χ2n) is 7.64. The van der Waals surface area contributed by atoms with Gasteiger partial charge in [-0.05, 0) is 54.3 Å². The Balaban J connectivity index is 1.69. The molecule has 0 aliphatic carbocycles. The quantitative estimate of drug-likeness (QED) is 0.466. The summed E-state index contributed by atoms with van der Waals surface area (Å²) >= 11 is 13.4. The first kappa shape index (κ1) is 21.5. The second kappa shape index (κ2) is 8.77. The van der Waals surface area contributed by atoms with Crippen LogP contribution in [0, 0.1) is 0 Å². The molecule has 2 aromatic heterocycles. The maximum atomic E-state index is 11.7. The SMILES string of the molecule is C=C(C)N1CC=C(c2cc(Cl)c(-c3ccn4ncc(CC(=O)OC)c4c3)c(Cl)c2)CC1. The highest BCUT2D eigenvalue weighted by Crippen LogP contribution is 2.39. The van der Waals surface area contributed by atoms with Gasteiger partial charge in [0, 0.05) is 36.1 Å². The van der Waals surface area contributed by atoms with Gasteiger partial charge in [-0.2, -0.15) is 5.10 Å². The third-order valence-corrected chi connectivity index (χ3v) is 6.21. The molecule has 0 N–H and O–H groups in total. The molecule has 4 rings (SSSR count). The number of pyridine rings is 1. The Kier molecular flexibility index (Phi) is 6.08. The second-order valence-corrected chi connectivity index (χ2v) is 8.46. The normalized spacial score (nSPS) is 13.9. The monoisotopic (exact) mass is 455 g/mol. The first-order valence-electron chi connectivity index (χ1n) is 9.99. The summed E-state index contributed by atoms with van der Waals surface area (Å²) in [5.41, 5.74) is 6.58. The number of carbonyl (C=O) groups excluding carboxylic acids is 1. The molecule has 0 bridgehead atoms. The number of nitrogens with zero attached hydrogens (tertiary/aromatic N) is 3. The Morgan fingerprint density at radius 3 is 2.58 bits per heavy atom. The Bertz CT molecular complexity index is 1190. The molecule has 0 fully saturated rings. The van der Waals surface area contributed by atoms with Crippen LogP contribution in [0.15, 0.2) is 55.0 Å². The summed E-state index contributed by atoms with van der Waals surface area (Å²) < 4.78 is 6.51. The van der Waals surface area contributed by atoms with Gasteiger partial charge in [-0.25, -0.2) is 4.52 Å². The van der Waals surface area contributed by atoms with Gasteiger partial charge in [0.05, 0.1) is 35.3 Å². The maximum absolute atomic E-state index is 11.7. The van der Waals surface area contributed by atoms with Crippen molar-refractivity contribution in [2.45, 2.75) is 19.8 Å². The third kappa shape index (κ3) is 4.34. The minimum absolute atomic E-state index is 0.152. The molecule has 0 saturated heterocycles. The predicted molar refractivity (Wildman–Crippen MR) is 125 cm³/mol. The molecule has 0 atom stereocenters. The zero-order chi connectivity index (χ0) is 22.1. The average molecular weight is 456 g/mol. The number of methoxy groups -OCH3 is 1. The molecule has 7 heteroatoms. The van der Waals surface area contributed by atoms with E-state index in [1.54, 1.807) is 10.7 Å². The van der Waals surface area contributed by atoms with E-state index < -0.39 is 0 Å². The topological polar surface area (TPSA) is 46.8 Å². The van der Waals surface area contributed by atoms with Gasteiger partial charge in [-0.3, -0.25) is 4.79 Å². The van der Waals surface area contributed by atoms with Crippen molar-refractivity contribution in [3.05, 3.63) is 76.2 Å². The van der Waals surface area contributed by atoms with Gasteiger partial charge < -0.3 is 9.64 Å². The highest BCUT2D eigenvalue weighted by atomic mass is 35.5. The summed E-state index contributed by atoms with van der Waals surface area (Å²) in [6.45, 7) is 7.81. The van der Waals surface area contributed by atoms with E-state index in [1.165, 1.54) is 12.7 Å². The van der Waals surface area contributed by atoms with Gasteiger partial charge in [0.1, 0.15) is 0 Å². The number of halogens is 2. The molecule has 3 aromatic rings. The van der Waals surface area contributed by atoms with E-state index in [0.717, 1.165) is 53.0 Å². The number of aromatic nitrogens is 2. The smallest absolute Gasteiger partial charge is 0.310 e. The van der Waals surface area contributed by atoms with Crippen LogP contribution in [0.2, 0.25) is 10.0 Å². The van der Waals surface area contributed by atoms with Gasteiger partial charge >= 0.3 is 5.97 Å². The Morgan fingerprint density at radius 1 is 1.23 bits per heavy atom. The fourth-order valence-electron chi connectivity index (χ4n) is 3.86. The lowest BCUT2D eigenvalue weighted by Crippen LogP contribution is -2.26. The van der Waals surface area contributed by atoms with E-state index in [2.05, 4.69) is 22.7 Å². The van der Waals surface area contributed by atoms with Crippen LogP contribution in [0.3, 0.4) is 0 Å². The minimum atomic E-state index is -0.313. The maximum Gasteiger partial charge on any atom is 0.310 e. The van der Waals surface area contributed by atoms with Crippen LogP contribution in [-0.2, 0) is 16.0 Å². The van der Waals surface area contributed by atoms with Gasteiger partial charge in [0.15, 0.2) is 0 Å². The molecule has 0 spiro atoms. The van der Waals surface area contributed by atoms with Crippen molar-refractivity contribution in [2.75, 3.05) is 20.2 Å². The predicted octanol–water partition coefficient (Wildman–Crippen LogP) is 5.65. The number of rotatable bonds is 5. The number of esters is 1. The van der Waals surface area contributed by atoms with Crippen molar-refractivity contribution >= 4 is 40.3 Å². The van der Waals surface area contributed by atoms with Crippen molar-refractivity contribution in [3.8, 4) is 11.1 Å². The molecule has 0 saturated carbocycles. The average Bonchev–Trinajstić information content (AvgIpc) is 3.15. The van der Waals surface area contributed by atoms with E-state index in [-0.39, 0.29) is 12.4 Å². The molecular formula is C24H23Cl2N3O2. The number of benzene rings is 1. The van der Waals surface area contributed by atoms with Crippen molar-refractivity contribution in [1.82, 2.24) is 14.5 Å². The fourth-order valence-corrected chi connectivity index (χ4v) is 4.57. The van der Waals surface area contributed by atoms with Gasteiger partial charge in [0.25, 0.3) is 0 Å². The van der Waals surface area contributed by atoms with Crippen LogP contribution in [0.25, 0.3) is 22.2 Å². The molecule has 0 amide bonds. The van der Waals surface area contributed by atoms with Crippen LogP contribution in [-0.4, -0.2) is 40.7 Å². The Labute approximate surface area is 191 Å². The molecule has 0 radical (unpaired) electrons. The highest BCUT2D eigenvalue weighted by Gasteiger charge is 2.17. The molecule has 1 aliphatic rings. The highest BCUT2D eigenvalue weighted by molar-refractivity contribution is 6.39. The number of hydrogen-bond acceptors (Lipinski definition) is 4. The molecular weight excluding hydrogens is 433 g/mol. The summed E-state index contributed by atoms with van der Waals surface area (Å²) in [5.74, 6) is -0.313. The van der Waals surface area contributed by atoms with E-state index >= 15 is 0 Å². The van der Waals surface area contributed by atoms with Crippen molar-refractivity contribution in [2.24, 2.45) is 0 Å². The van der Waals surface area contributed by atoms with Crippen molar-refractivity contribution < 1.29 is 9.53 Å². The number of ether oxygens (including phenoxy) is 1. The lowest BCUT2D eigenvalue weighted by Gasteiger charge is -2.28. The summed E-state index contributed by atoms with van der Waals surface area (Å²) in [6, 6.07) is 7.81. The zero-order valence-electron chi connectivity index (χ0n) is 17.5. The minimum Gasteiger partial charge on any atom is -0.469 e. The lowest BCUT2D eigenvalue weighted by atomic mass is 9.96. The largest absolute Gasteiger partial charge is 0.469 e. The van der Waals surface area contributed by atoms with Crippen molar-refractivity contribution in [1.29, 1.82) is 0 Å². The van der Waals surface area contributed by atoms with Gasteiger partial charge in [-0.1, -0.05) is 35.9 Å². The zero-order valence-corrected chi connectivity index (χ0v) is 19.0. The Morgan fingerprint density at radius 2 is 1.97 bits per heavy atom. The molecule has 3 heterocycles.